The predicted molar refractivity (Wildman–Crippen MR) is 71.5 cm³/mol. The van der Waals surface area contributed by atoms with Crippen molar-refractivity contribution >= 4 is 27.5 Å². The Morgan fingerprint density at radius 3 is 2.89 bits per heavy atom. The van der Waals surface area contributed by atoms with Gasteiger partial charge in [0.15, 0.2) is 0 Å². The topological polar surface area (TPSA) is 64.1 Å². The van der Waals surface area contributed by atoms with E-state index in [-0.39, 0.29) is 11.4 Å². The van der Waals surface area contributed by atoms with Gasteiger partial charge in [-0.05, 0) is 18.9 Å². The van der Waals surface area contributed by atoms with E-state index in [0.29, 0.717) is 28.0 Å². The van der Waals surface area contributed by atoms with Gasteiger partial charge < -0.3 is 15.4 Å². The number of halogens is 1. The summed E-state index contributed by atoms with van der Waals surface area (Å²) in [6.45, 7) is 0. The average molecular weight is 257 g/mol. The van der Waals surface area contributed by atoms with Crippen LogP contribution in [0.2, 0.25) is 0 Å². The minimum absolute atomic E-state index is 0.133. The molecule has 96 valence electrons. The number of anilines is 1. The fraction of sp³-hybridized carbons (Fsp3) is 0.214. The lowest BCUT2D eigenvalue weighted by Crippen LogP contribution is -1.93. The van der Waals surface area contributed by atoms with Gasteiger partial charge in [-0.15, -0.1) is 0 Å². The Morgan fingerprint density at radius 2 is 2.16 bits per heavy atom. The number of hydrogen-bond acceptors (Lipinski definition) is 3. The van der Waals surface area contributed by atoms with E-state index in [9.17, 15) is 9.50 Å². The third-order valence-electron chi connectivity index (χ3n) is 3.70. The lowest BCUT2D eigenvalue weighted by Gasteiger charge is -2.05. The van der Waals surface area contributed by atoms with Crippen molar-refractivity contribution in [3.8, 4) is 5.88 Å². The molecule has 1 aromatic carbocycles. The first-order valence-electron chi connectivity index (χ1n) is 6.24. The van der Waals surface area contributed by atoms with E-state index in [1.54, 1.807) is 22.9 Å². The number of aromatic hydroxyl groups is 1. The first-order valence-corrected chi connectivity index (χ1v) is 6.24. The molecule has 0 atom stereocenters. The fourth-order valence-electron chi connectivity index (χ4n) is 2.58. The SMILES string of the molecule is Nc1c2cccc(F)c2nc2cn(C3CC3)c(O)c12. The molecule has 0 bridgehead atoms. The highest BCUT2D eigenvalue weighted by Gasteiger charge is 2.28. The van der Waals surface area contributed by atoms with Crippen LogP contribution in [0.15, 0.2) is 24.4 Å². The summed E-state index contributed by atoms with van der Waals surface area (Å²) in [5, 5.41) is 11.3. The molecular formula is C14H12FN3O. The molecule has 0 unspecified atom stereocenters. The molecule has 0 radical (unpaired) electrons. The number of rotatable bonds is 1. The van der Waals surface area contributed by atoms with E-state index in [0.717, 1.165) is 12.8 Å². The maximum absolute atomic E-state index is 13.8. The molecule has 1 saturated carbocycles. The number of nitrogens with two attached hydrogens (primary N) is 1. The zero-order valence-electron chi connectivity index (χ0n) is 10.1. The molecule has 2 aromatic heterocycles. The molecule has 0 saturated heterocycles. The van der Waals surface area contributed by atoms with E-state index in [1.807, 2.05) is 0 Å². The molecular weight excluding hydrogens is 245 g/mol. The van der Waals surface area contributed by atoms with Crippen molar-refractivity contribution in [2.75, 3.05) is 5.73 Å². The number of hydrogen-bond donors (Lipinski definition) is 2. The van der Waals surface area contributed by atoms with Gasteiger partial charge in [0.1, 0.15) is 11.3 Å². The molecule has 1 fully saturated rings. The highest BCUT2D eigenvalue weighted by Crippen LogP contribution is 2.43. The minimum atomic E-state index is -0.398. The van der Waals surface area contributed by atoms with Crippen LogP contribution in [0, 0.1) is 5.82 Å². The molecule has 3 N–H and O–H groups in total. The van der Waals surface area contributed by atoms with Gasteiger partial charge in [0.25, 0.3) is 0 Å². The summed E-state index contributed by atoms with van der Waals surface area (Å²) in [6, 6.07) is 4.99. The Morgan fingerprint density at radius 1 is 1.37 bits per heavy atom. The Labute approximate surface area is 108 Å². The maximum atomic E-state index is 13.8. The van der Waals surface area contributed by atoms with E-state index < -0.39 is 5.82 Å². The van der Waals surface area contributed by atoms with Crippen molar-refractivity contribution in [1.82, 2.24) is 9.55 Å². The summed E-state index contributed by atoms with van der Waals surface area (Å²) in [7, 11) is 0. The van der Waals surface area contributed by atoms with Crippen molar-refractivity contribution in [2.45, 2.75) is 18.9 Å². The largest absolute Gasteiger partial charge is 0.494 e. The molecule has 1 aliphatic rings. The molecule has 3 aromatic rings. The third kappa shape index (κ3) is 1.35. The van der Waals surface area contributed by atoms with Gasteiger partial charge in [-0.2, -0.15) is 0 Å². The molecule has 4 nitrogen and oxygen atoms in total. The summed E-state index contributed by atoms with van der Waals surface area (Å²) < 4.78 is 15.6. The number of pyridine rings is 1. The number of aromatic nitrogens is 2. The van der Waals surface area contributed by atoms with Gasteiger partial charge in [-0.25, -0.2) is 9.37 Å². The van der Waals surface area contributed by atoms with Crippen molar-refractivity contribution < 1.29 is 9.50 Å². The second-order valence-corrected chi connectivity index (χ2v) is 5.01. The van der Waals surface area contributed by atoms with E-state index in [4.69, 9.17) is 5.73 Å². The van der Waals surface area contributed by atoms with Crippen LogP contribution in [0.4, 0.5) is 10.1 Å². The van der Waals surface area contributed by atoms with Crippen LogP contribution in [-0.4, -0.2) is 14.7 Å². The predicted octanol–water partition coefficient (Wildman–Crippen LogP) is 2.95. The molecule has 0 amide bonds. The number of nitrogens with zero attached hydrogens (tertiary/aromatic N) is 2. The average Bonchev–Trinajstić information content (AvgIpc) is 3.17. The van der Waals surface area contributed by atoms with E-state index >= 15 is 0 Å². The van der Waals surface area contributed by atoms with E-state index in [2.05, 4.69) is 4.98 Å². The summed E-state index contributed by atoms with van der Waals surface area (Å²) in [6.07, 6.45) is 3.84. The van der Waals surface area contributed by atoms with Crippen molar-refractivity contribution in [2.24, 2.45) is 0 Å². The van der Waals surface area contributed by atoms with Crippen LogP contribution in [-0.2, 0) is 0 Å². The maximum Gasteiger partial charge on any atom is 0.203 e. The standard InChI is InChI=1S/C14H12FN3O/c15-9-3-1-2-8-12(16)11-10(17-13(8)9)6-18(14(11)19)7-4-5-7/h1-3,6-7,19H,4-5,16H2. The second-order valence-electron chi connectivity index (χ2n) is 5.01. The Kier molecular flexibility index (Phi) is 1.88. The van der Waals surface area contributed by atoms with Gasteiger partial charge in [0, 0.05) is 17.6 Å². The Balaban J connectivity index is 2.17. The summed E-state index contributed by atoms with van der Waals surface area (Å²) in [4.78, 5) is 4.29. The van der Waals surface area contributed by atoms with Crippen LogP contribution in [0.5, 0.6) is 5.88 Å². The summed E-state index contributed by atoms with van der Waals surface area (Å²) in [5.74, 6) is -0.265. The first kappa shape index (κ1) is 10.6. The highest BCUT2D eigenvalue weighted by molar-refractivity contribution is 6.08. The molecule has 0 spiro atoms. The lowest BCUT2D eigenvalue weighted by molar-refractivity contribution is 0.424. The van der Waals surface area contributed by atoms with Crippen LogP contribution in [0.25, 0.3) is 21.8 Å². The minimum Gasteiger partial charge on any atom is -0.494 e. The van der Waals surface area contributed by atoms with Crippen LogP contribution < -0.4 is 5.73 Å². The van der Waals surface area contributed by atoms with Crippen molar-refractivity contribution in [3.05, 3.63) is 30.2 Å². The summed E-state index contributed by atoms with van der Waals surface area (Å²) in [5.41, 5.74) is 7.26. The van der Waals surface area contributed by atoms with Crippen LogP contribution in [0.3, 0.4) is 0 Å². The van der Waals surface area contributed by atoms with Gasteiger partial charge >= 0.3 is 0 Å². The molecule has 4 rings (SSSR count). The Hall–Kier alpha value is -2.30. The summed E-state index contributed by atoms with van der Waals surface area (Å²) >= 11 is 0. The molecule has 1 aliphatic carbocycles. The monoisotopic (exact) mass is 257 g/mol. The smallest absolute Gasteiger partial charge is 0.203 e. The van der Waals surface area contributed by atoms with Crippen molar-refractivity contribution in [3.63, 3.8) is 0 Å². The van der Waals surface area contributed by atoms with Gasteiger partial charge in [-0.3, -0.25) is 0 Å². The quantitative estimate of drug-likeness (QED) is 0.704. The van der Waals surface area contributed by atoms with Gasteiger partial charge in [-0.1, -0.05) is 12.1 Å². The molecule has 0 aliphatic heterocycles. The number of para-hydroxylation sites is 1. The van der Waals surface area contributed by atoms with E-state index in [1.165, 1.54) is 6.07 Å². The Bertz CT molecular complexity index is 821. The zero-order chi connectivity index (χ0) is 13.1. The molecule has 5 heteroatoms. The molecule has 2 heterocycles. The lowest BCUT2D eigenvalue weighted by atomic mass is 10.1. The highest BCUT2D eigenvalue weighted by atomic mass is 19.1. The number of benzene rings is 1. The normalized spacial score (nSPS) is 15.4. The first-order chi connectivity index (χ1) is 9.16. The molecule has 19 heavy (non-hydrogen) atoms. The van der Waals surface area contributed by atoms with Gasteiger partial charge in [0.2, 0.25) is 5.88 Å². The fourth-order valence-corrected chi connectivity index (χ4v) is 2.58. The second kappa shape index (κ2) is 3.38. The number of nitrogen functional groups attached to an aromatic ring is 1. The number of fused-ring (bicyclic) bond motifs is 2. The van der Waals surface area contributed by atoms with Crippen LogP contribution >= 0.6 is 0 Å². The third-order valence-corrected chi connectivity index (χ3v) is 3.70. The van der Waals surface area contributed by atoms with Crippen molar-refractivity contribution in [1.29, 1.82) is 0 Å². The zero-order valence-corrected chi connectivity index (χ0v) is 10.1. The van der Waals surface area contributed by atoms with Crippen LogP contribution in [0.1, 0.15) is 18.9 Å². The van der Waals surface area contributed by atoms with Gasteiger partial charge in [0.05, 0.1) is 16.6 Å².